The number of para-hydroxylation sites is 1. The number of anilines is 1. The molecule has 1 aliphatic rings. The summed E-state index contributed by atoms with van der Waals surface area (Å²) in [5.41, 5.74) is 10.1. The molecule has 100 valence electrons. The van der Waals surface area contributed by atoms with Crippen molar-refractivity contribution in [2.45, 2.75) is 38.4 Å². The van der Waals surface area contributed by atoms with Crippen LogP contribution in [0.4, 0.5) is 5.69 Å². The van der Waals surface area contributed by atoms with Crippen LogP contribution in [0.15, 0.2) is 41.1 Å². The van der Waals surface area contributed by atoms with Gasteiger partial charge in [-0.25, -0.2) is 0 Å². The highest BCUT2D eigenvalue weighted by Crippen LogP contribution is 2.36. The van der Waals surface area contributed by atoms with E-state index in [2.05, 4.69) is 52.9 Å². The van der Waals surface area contributed by atoms with E-state index in [0.29, 0.717) is 6.04 Å². The van der Waals surface area contributed by atoms with Gasteiger partial charge in [-0.1, -0.05) is 18.2 Å². The predicted octanol–water partition coefficient (Wildman–Crippen LogP) is 3.94. The van der Waals surface area contributed by atoms with Crippen LogP contribution in [-0.2, 0) is 6.54 Å². The van der Waals surface area contributed by atoms with Gasteiger partial charge >= 0.3 is 0 Å². The van der Waals surface area contributed by atoms with E-state index >= 15 is 0 Å². The third-order valence-corrected chi connectivity index (χ3v) is 4.39. The molecule has 1 aromatic heterocycles. The molecule has 0 radical (unpaired) electrons. The van der Waals surface area contributed by atoms with Crippen LogP contribution in [0.2, 0.25) is 0 Å². The van der Waals surface area contributed by atoms with Crippen LogP contribution in [0.25, 0.3) is 0 Å². The monoisotopic (exact) mass is 272 g/mol. The minimum atomic E-state index is 0.0833. The van der Waals surface area contributed by atoms with Gasteiger partial charge in [0.2, 0.25) is 0 Å². The van der Waals surface area contributed by atoms with Gasteiger partial charge in [-0.15, -0.1) is 0 Å². The summed E-state index contributed by atoms with van der Waals surface area (Å²) >= 11 is 1.77. The molecular weight excluding hydrogens is 252 g/mol. The second kappa shape index (κ2) is 5.35. The largest absolute Gasteiger partial charge is 0.364 e. The first-order valence-corrected chi connectivity index (χ1v) is 7.82. The van der Waals surface area contributed by atoms with E-state index < -0.39 is 0 Å². The Bertz CT molecular complexity index is 529. The molecule has 19 heavy (non-hydrogen) atoms. The Morgan fingerprint density at radius 1 is 1.32 bits per heavy atom. The summed E-state index contributed by atoms with van der Waals surface area (Å²) in [6, 6.07) is 11.6. The molecule has 0 saturated heterocycles. The summed E-state index contributed by atoms with van der Waals surface area (Å²) in [6.45, 7) is 3.06. The van der Waals surface area contributed by atoms with E-state index in [-0.39, 0.29) is 6.04 Å². The molecule has 2 aromatic rings. The Labute approximate surface area is 118 Å². The minimum Gasteiger partial charge on any atom is -0.364 e. The second-order valence-corrected chi connectivity index (χ2v) is 6.12. The van der Waals surface area contributed by atoms with Crippen molar-refractivity contribution in [3.05, 3.63) is 52.2 Å². The standard InChI is InChI=1S/C16H20N2S/c1-12(17)15-4-2-3-5-16(15)18(14-6-7-14)10-13-8-9-19-11-13/h2-5,8-9,11-12,14H,6-7,10,17H2,1H3/t12-/m1/s1. The summed E-state index contributed by atoms with van der Waals surface area (Å²) in [5.74, 6) is 0. The third kappa shape index (κ3) is 2.82. The maximum Gasteiger partial charge on any atom is 0.0440 e. The van der Waals surface area contributed by atoms with Gasteiger partial charge < -0.3 is 10.6 Å². The number of rotatable bonds is 5. The molecule has 1 heterocycles. The number of thiophene rings is 1. The molecule has 0 amide bonds. The summed E-state index contributed by atoms with van der Waals surface area (Å²) in [7, 11) is 0. The lowest BCUT2D eigenvalue weighted by Gasteiger charge is -2.28. The zero-order valence-electron chi connectivity index (χ0n) is 11.3. The lowest BCUT2D eigenvalue weighted by molar-refractivity contribution is 0.759. The van der Waals surface area contributed by atoms with Crippen LogP contribution in [0.3, 0.4) is 0 Å². The SMILES string of the molecule is C[C@@H](N)c1ccccc1N(Cc1ccsc1)C1CC1. The highest BCUT2D eigenvalue weighted by atomic mass is 32.1. The number of nitrogens with two attached hydrogens (primary N) is 1. The molecule has 0 unspecified atom stereocenters. The van der Waals surface area contributed by atoms with Gasteiger partial charge in [0.1, 0.15) is 0 Å². The van der Waals surface area contributed by atoms with Gasteiger partial charge in [0, 0.05) is 24.3 Å². The average Bonchev–Trinajstić information content (AvgIpc) is 3.13. The van der Waals surface area contributed by atoms with E-state index in [9.17, 15) is 0 Å². The molecule has 1 atom stereocenters. The molecule has 2 nitrogen and oxygen atoms in total. The summed E-state index contributed by atoms with van der Waals surface area (Å²) in [4.78, 5) is 2.53. The van der Waals surface area contributed by atoms with Gasteiger partial charge in [0.05, 0.1) is 0 Å². The van der Waals surface area contributed by atoms with E-state index in [0.717, 1.165) is 6.54 Å². The van der Waals surface area contributed by atoms with Crippen molar-refractivity contribution < 1.29 is 0 Å². The maximum atomic E-state index is 6.12. The fraction of sp³-hybridized carbons (Fsp3) is 0.375. The number of hydrogen-bond donors (Lipinski definition) is 1. The molecule has 3 heteroatoms. The Balaban J connectivity index is 1.92. The summed E-state index contributed by atoms with van der Waals surface area (Å²) in [6.07, 6.45) is 2.61. The average molecular weight is 272 g/mol. The van der Waals surface area contributed by atoms with Gasteiger partial charge in [0.15, 0.2) is 0 Å². The van der Waals surface area contributed by atoms with Gasteiger partial charge in [-0.2, -0.15) is 11.3 Å². The van der Waals surface area contributed by atoms with Crippen LogP contribution in [-0.4, -0.2) is 6.04 Å². The highest BCUT2D eigenvalue weighted by Gasteiger charge is 2.30. The molecular formula is C16H20N2S. The Kier molecular flexibility index (Phi) is 3.58. The molecule has 0 aliphatic heterocycles. The van der Waals surface area contributed by atoms with Crippen molar-refractivity contribution in [3.8, 4) is 0 Å². The molecule has 1 aliphatic carbocycles. The van der Waals surface area contributed by atoms with Gasteiger partial charge in [-0.05, 0) is 53.8 Å². The summed E-state index contributed by atoms with van der Waals surface area (Å²) < 4.78 is 0. The van der Waals surface area contributed by atoms with Crippen LogP contribution < -0.4 is 10.6 Å². The quantitative estimate of drug-likeness (QED) is 0.893. The van der Waals surface area contributed by atoms with E-state index in [1.807, 2.05) is 0 Å². The normalized spacial score (nSPS) is 16.3. The molecule has 2 N–H and O–H groups in total. The Morgan fingerprint density at radius 3 is 2.74 bits per heavy atom. The molecule has 1 saturated carbocycles. The van der Waals surface area contributed by atoms with Crippen LogP contribution >= 0.6 is 11.3 Å². The zero-order chi connectivity index (χ0) is 13.2. The van der Waals surface area contributed by atoms with E-state index in [4.69, 9.17) is 5.73 Å². The first-order chi connectivity index (χ1) is 9.25. The van der Waals surface area contributed by atoms with Crippen LogP contribution in [0.5, 0.6) is 0 Å². The maximum absolute atomic E-state index is 6.12. The van der Waals surface area contributed by atoms with Crippen molar-refractivity contribution in [2.24, 2.45) is 5.73 Å². The lowest BCUT2D eigenvalue weighted by atomic mass is 10.1. The van der Waals surface area contributed by atoms with Crippen molar-refractivity contribution in [3.63, 3.8) is 0 Å². The number of benzene rings is 1. The van der Waals surface area contributed by atoms with Gasteiger partial charge in [-0.3, -0.25) is 0 Å². The van der Waals surface area contributed by atoms with Crippen molar-refractivity contribution in [2.75, 3.05) is 4.90 Å². The molecule has 1 aromatic carbocycles. The first kappa shape index (κ1) is 12.7. The summed E-state index contributed by atoms with van der Waals surface area (Å²) in [5, 5.41) is 4.39. The predicted molar refractivity (Wildman–Crippen MR) is 82.6 cm³/mol. The molecule has 0 spiro atoms. The Morgan fingerprint density at radius 2 is 2.11 bits per heavy atom. The third-order valence-electron chi connectivity index (χ3n) is 3.66. The molecule has 1 fully saturated rings. The fourth-order valence-electron chi connectivity index (χ4n) is 2.51. The second-order valence-electron chi connectivity index (χ2n) is 5.34. The van der Waals surface area contributed by atoms with Crippen LogP contribution in [0, 0.1) is 0 Å². The van der Waals surface area contributed by atoms with Crippen LogP contribution in [0.1, 0.15) is 36.9 Å². The fourth-order valence-corrected chi connectivity index (χ4v) is 3.17. The first-order valence-electron chi connectivity index (χ1n) is 6.88. The topological polar surface area (TPSA) is 29.3 Å². The van der Waals surface area contributed by atoms with Crippen molar-refractivity contribution >= 4 is 17.0 Å². The van der Waals surface area contributed by atoms with E-state index in [1.165, 1.54) is 29.7 Å². The Hall–Kier alpha value is -1.32. The zero-order valence-corrected chi connectivity index (χ0v) is 12.1. The molecule has 3 rings (SSSR count). The van der Waals surface area contributed by atoms with Crippen molar-refractivity contribution in [1.82, 2.24) is 0 Å². The van der Waals surface area contributed by atoms with Crippen molar-refractivity contribution in [1.29, 1.82) is 0 Å². The minimum absolute atomic E-state index is 0.0833. The molecule has 0 bridgehead atoms. The van der Waals surface area contributed by atoms with E-state index in [1.54, 1.807) is 11.3 Å². The highest BCUT2D eigenvalue weighted by molar-refractivity contribution is 7.07. The number of hydrogen-bond acceptors (Lipinski definition) is 3. The van der Waals surface area contributed by atoms with Gasteiger partial charge in [0.25, 0.3) is 0 Å². The number of nitrogens with zero attached hydrogens (tertiary/aromatic N) is 1. The lowest BCUT2D eigenvalue weighted by Crippen LogP contribution is -2.27. The smallest absolute Gasteiger partial charge is 0.0440 e.